The van der Waals surface area contributed by atoms with Crippen molar-refractivity contribution in [2.24, 2.45) is 4.99 Å². The van der Waals surface area contributed by atoms with Crippen molar-refractivity contribution < 1.29 is 13.5 Å². The number of hydrogen-bond acceptors (Lipinski definition) is 4. The van der Waals surface area contributed by atoms with E-state index in [1.54, 1.807) is 6.21 Å². The van der Waals surface area contributed by atoms with Crippen LogP contribution >= 0.6 is 0 Å². The Hall–Kier alpha value is -1.20. The molecule has 5 heteroatoms. The van der Waals surface area contributed by atoms with Crippen molar-refractivity contribution in [3.8, 4) is 0 Å². The molecule has 0 saturated heterocycles. The summed E-state index contributed by atoms with van der Waals surface area (Å²) in [7, 11) is -3.47. The van der Waals surface area contributed by atoms with Gasteiger partial charge in [-0.1, -0.05) is 37.3 Å². The van der Waals surface area contributed by atoms with Crippen LogP contribution in [0.25, 0.3) is 0 Å². The summed E-state index contributed by atoms with van der Waals surface area (Å²) in [5.41, 5.74) is -0.399. The summed E-state index contributed by atoms with van der Waals surface area (Å²) in [6.45, 7) is 3.15. The highest BCUT2D eigenvalue weighted by atomic mass is 32.2. The molecule has 18 heavy (non-hydrogen) atoms. The van der Waals surface area contributed by atoms with Gasteiger partial charge in [0.05, 0.1) is 11.8 Å². The molecule has 2 atom stereocenters. The van der Waals surface area contributed by atoms with Gasteiger partial charge in [-0.2, -0.15) is 0 Å². The third-order valence-electron chi connectivity index (χ3n) is 2.65. The summed E-state index contributed by atoms with van der Waals surface area (Å²) in [5.74, 6) is -0.121. The standard InChI is InChI=1S/C13H19NO3S/c1-3-13(10-18(16,17)11(2)15)14-9-12-7-5-4-6-8-12/h4-9,11,13,15H,3,10H2,1-2H3. The minimum Gasteiger partial charge on any atom is -0.377 e. The van der Waals surface area contributed by atoms with Crippen LogP contribution in [0, 0.1) is 0 Å². The topological polar surface area (TPSA) is 66.7 Å². The molecule has 1 rings (SSSR count). The van der Waals surface area contributed by atoms with Gasteiger partial charge in [0.2, 0.25) is 0 Å². The Balaban J connectivity index is 2.72. The van der Waals surface area contributed by atoms with Crippen molar-refractivity contribution in [1.29, 1.82) is 0 Å². The van der Waals surface area contributed by atoms with Crippen LogP contribution in [0.2, 0.25) is 0 Å². The number of nitrogens with zero attached hydrogens (tertiary/aromatic N) is 1. The molecule has 1 aromatic carbocycles. The lowest BCUT2D eigenvalue weighted by atomic mass is 10.2. The molecule has 100 valence electrons. The van der Waals surface area contributed by atoms with Gasteiger partial charge < -0.3 is 5.11 Å². The molecule has 0 amide bonds. The van der Waals surface area contributed by atoms with E-state index in [9.17, 15) is 8.42 Å². The largest absolute Gasteiger partial charge is 0.377 e. The quantitative estimate of drug-likeness (QED) is 0.798. The molecule has 1 aromatic rings. The van der Waals surface area contributed by atoms with Gasteiger partial charge in [0.15, 0.2) is 15.3 Å². The molecule has 1 N–H and O–H groups in total. The molecule has 0 radical (unpaired) electrons. The van der Waals surface area contributed by atoms with Crippen LogP contribution in [0.4, 0.5) is 0 Å². The average Bonchev–Trinajstić information content (AvgIpc) is 2.35. The Morgan fingerprint density at radius 3 is 2.44 bits per heavy atom. The highest BCUT2D eigenvalue weighted by Gasteiger charge is 2.22. The maximum absolute atomic E-state index is 11.6. The summed E-state index contributed by atoms with van der Waals surface area (Å²) in [4.78, 5) is 4.26. The van der Waals surface area contributed by atoms with Crippen molar-refractivity contribution in [3.05, 3.63) is 35.9 Å². The Kier molecular flexibility index (Phi) is 5.50. The second-order valence-electron chi connectivity index (χ2n) is 4.18. The lowest BCUT2D eigenvalue weighted by molar-refractivity contribution is 0.268. The first-order chi connectivity index (χ1) is 8.45. The van der Waals surface area contributed by atoms with Crippen LogP contribution in [-0.2, 0) is 9.84 Å². The fourth-order valence-corrected chi connectivity index (χ4v) is 2.54. The van der Waals surface area contributed by atoms with Crippen molar-refractivity contribution in [2.75, 3.05) is 5.75 Å². The summed E-state index contributed by atoms with van der Waals surface area (Å²) >= 11 is 0. The predicted octanol–water partition coefficient (Wildman–Crippen LogP) is 1.64. The lowest BCUT2D eigenvalue weighted by Gasteiger charge is -2.12. The van der Waals surface area contributed by atoms with Gasteiger partial charge in [0.1, 0.15) is 0 Å². The highest BCUT2D eigenvalue weighted by Crippen LogP contribution is 2.07. The van der Waals surface area contributed by atoms with E-state index >= 15 is 0 Å². The highest BCUT2D eigenvalue weighted by molar-refractivity contribution is 7.91. The molecule has 0 heterocycles. The van der Waals surface area contributed by atoms with Crippen LogP contribution in [0.15, 0.2) is 35.3 Å². The molecule has 0 aliphatic carbocycles. The molecular weight excluding hydrogens is 250 g/mol. The van der Waals surface area contributed by atoms with Crippen molar-refractivity contribution in [3.63, 3.8) is 0 Å². The average molecular weight is 269 g/mol. The third kappa shape index (κ3) is 4.58. The summed E-state index contributed by atoms with van der Waals surface area (Å²) in [5, 5.41) is 9.17. The molecule has 0 aliphatic heterocycles. The second kappa shape index (κ2) is 6.66. The van der Waals surface area contributed by atoms with E-state index in [0.717, 1.165) is 5.56 Å². The fourth-order valence-electron chi connectivity index (χ4n) is 1.40. The van der Waals surface area contributed by atoms with Crippen LogP contribution in [0.3, 0.4) is 0 Å². The zero-order valence-corrected chi connectivity index (χ0v) is 11.5. The Morgan fingerprint density at radius 1 is 1.33 bits per heavy atom. The Bertz CT molecular complexity index is 480. The van der Waals surface area contributed by atoms with E-state index in [4.69, 9.17) is 5.11 Å². The van der Waals surface area contributed by atoms with Gasteiger partial charge >= 0.3 is 0 Å². The van der Waals surface area contributed by atoms with Crippen LogP contribution < -0.4 is 0 Å². The van der Waals surface area contributed by atoms with E-state index < -0.39 is 15.3 Å². The van der Waals surface area contributed by atoms with Gasteiger partial charge in [-0.15, -0.1) is 0 Å². The van der Waals surface area contributed by atoms with Crippen LogP contribution in [-0.4, -0.2) is 37.0 Å². The predicted molar refractivity (Wildman–Crippen MR) is 73.6 cm³/mol. The molecule has 0 bridgehead atoms. The van der Waals surface area contributed by atoms with E-state index in [-0.39, 0.29) is 11.8 Å². The third-order valence-corrected chi connectivity index (χ3v) is 4.54. The SMILES string of the molecule is CCC(CS(=O)(=O)C(C)O)N=Cc1ccccc1. The molecule has 0 saturated carbocycles. The molecule has 0 aliphatic rings. The van der Waals surface area contributed by atoms with E-state index in [1.165, 1.54) is 6.92 Å². The van der Waals surface area contributed by atoms with Gasteiger partial charge in [0.25, 0.3) is 0 Å². The Morgan fingerprint density at radius 2 is 1.94 bits per heavy atom. The first-order valence-electron chi connectivity index (χ1n) is 5.93. The van der Waals surface area contributed by atoms with E-state index in [1.807, 2.05) is 37.3 Å². The van der Waals surface area contributed by atoms with Gasteiger partial charge in [0, 0.05) is 6.21 Å². The molecule has 0 aromatic heterocycles. The van der Waals surface area contributed by atoms with Crippen molar-refractivity contribution >= 4 is 16.1 Å². The summed E-state index contributed by atoms with van der Waals surface area (Å²) in [6.07, 6.45) is 2.29. The minimum atomic E-state index is -3.47. The lowest BCUT2D eigenvalue weighted by Crippen LogP contribution is -2.27. The summed E-state index contributed by atoms with van der Waals surface area (Å²) < 4.78 is 23.2. The van der Waals surface area contributed by atoms with Gasteiger partial charge in [-0.3, -0.25) is 4.99 Å². The number of sulfone groups is 1. The number of aliphatic hydroxyl groups is 1. The maximum atomic E-state index is 11.6. The maximum Gasteiger partial charge on any atom is 0.178 e. The first kappa shape index (κ1) is 14.9. The van der Waals surface area contributed by atoms with Crippen molar-refractivity contribution in [2.45, 2.75) is 31.7 Å². The molecular formula is C13H19NO3S. The first-order valence-corrected chi connectivity index (χ1v) is 7.65. The summed E-state index contributed by atoms with van der Waals surface area (Å²) in [6, 6.07) is 9.19. The van der Waals surface area contributed by atoms with Crippen LogP contribution in [0.1, 0.15) is 25.8 Å². The number of rotatable bonds is 6. The Labute approximate surface area is 108 Å². The molecule has 2 unspecified atom stereocenters. The zero-order valence-electron chi connectivity index (χ0n) is 10.7. The minimum absolute atomic E-state index is 0.121. The van der Waals surface area contributed by atoms with E-state index in [0.29, 0.717) is 6.42 Å². The zero-order chi connectivity index (χ0) is 13.6. The van der Waals surface area contributed by atoms with Gasteiger partial charge in [-0.25, -0.2) is 8.42 Å². The smallest absolute Gasteiger partial charge is 0.178 e. The molecule has 0 fully saturated rings. The number of aliphatic imine (C=N–C) groups is 1. The molecule has 0 spiro atoms. The number of benzene rings is 1. The number of hydrogen-bond donors (Lipinski definition) is 1. The normalized spacial score (nSPS) is 15.7. The number of aliphatic hydroxyl groups excluding tert-OH is 1. The fraction of sp³-hybridized carbons (Fsp3) is 0.462. The monoisotopic (exact) mass is 269 g/mol. The van der Waals surface area contributed by atoms with Crippen LogP contribution in [0.5, 0.6) is 0 Å². The van der Waals surface area contributed by atoms with E-state index in [2.05, 4.69) is 4.99 Å². The van der Waals surface area contributed by atoms with Crippen molar-refractivity contribution in [1.82, 2.24) is 0 Å². The van der Waals surface area contributed by atoms with Gasteiger partial charge in [-0.05, 0) is 18.9 Å². The second-order valence-corrected chi connectivity index (χ2v) is 6.52. The molecule has 4 nitrogen and oxygen atoms in total.